The van der Waals surface area contributed by atoms with Crippen LogP contribution in [0.15, 0.2) is 36.5 Å². The van der Waals surface area contributed by atoms with E-state index in [0.717, 1.165) is 31.9 Å². The van der Waals surface area contributed by atoms with Gasteiger partial charge in [-0.1, -0.05) is 19.9 Å². The Hall–Kier alpha value is -2.21. The molecule has 0 aliphatic heterocycles. The van der Waals surface area contributed by atoms with Gasteiger partial charge < -0.3 is 15.5 Å². The molecule has 0 bridgehead atoms. The van der Waals surface area contributed by atoms with E-state index in [-0.39, 0.29) is 5.82 Å². The van der Waals surface area contributed by atoms with Crippen molar-refractivity contribution in [3.8, 4) is 0 Å². The molecule has 1 heterocycles. The molecule has 0 aliphatic carbocycles. The Labute approximate surface area is 143 Å². The van der Waals surface area contributed by atoms with Crippen LogP contribution in [-0.4, -0.2) is 40.5 Å². The first-order valence-corrected chi connectivity index (χ1v) is 8.46. The predicted octanol–water partition coefficient (Wildman–Crippen LogP) is 3.89. The second kappa shape index (κ2) is 9.17. The number of aromatic nitrogens is 2. The van der Waals surface area contributed by atoms with Crippen LogP contribution in [0, 0.1) is 5.82 Å². The number of nitrogens with zero attached hydrogens (tertiary/aromatic N) is 3. The number of benzene rings is 1. The zero-order valence-corrected chi connectivity index (χ0v) is 14.6. The van der Waals surface area contributed by atoms with E-state index in [2.05, 4.69) is 46.3 Å². The van der Waals surface area contributed by atoms with Crippen LogP contribution in [0.4, 0.5) is 21.8 Å². The summed E-state index contributed by atoms with van der Waals surface area (Å²) in [5, 5.41) is 6.33. The summed E-state index contributed by atoms with van der Waals surface area (Å²) in [4.78, 5) is 11.0. The van der Waals surface area contributed by atoms with Gasteiger partial charge in [-0.3, -0.25) is 0 Å². The summed E-state index contributed by atoms with van der Waals surface area (Å²) < 4.78 is 13.2. The lowest BCUT2D eigenvalue weighted by molar-refractivity contribution is 0.224. The Balaban J connectivity index is 1.88. The third kappa shape index (κ3) is 5.45. The van der Waals surface area contributed by atoms with Crippen LogP contribution in [-0.2, 0) is 0 Å². The molecular weight excluding hydrogens is 305 g/mol. The van der Waals surface area contributed by atoms with Gasteiger partial charge in [0, 0.05) is 24.5 Å². The summed E-state index contributed by atoms with van der Waals surface area (Å²) in [6.07, 6.45) is 2.73. The second-order valence-corrected chi connectivity index (χ2v) is 5.69. The standard InChI is InChI=1S/C18H26FN5/c1-4-24(5-2)14(3)9-11-20-17-10-12-21-18(23-17)22-16-8-6-7-15(19)13-16/h6-8,10,12-14H,4-5,9,11H2,1-3H3,(H2,20,21,22,23). The van der Waals surface area contributed by atoms with E-state index in [9.17, 15) is 4.39 Å². The molecule has 0 spiro atoms. The SMILES string of the molecule is CCN(CC)C(C)CCNc1ccnc(Nc2cccc(F)c2)n1. The van der Waals surface area contributed by atoms with Gasteiger partial charge in [0.25, 0.3) is 0 Å². The number of hydrogen-bond acceptors (Lipinski definition) is 5. The molecule has 130 valence electrons. The highest BCUT2D eigenvalue weighted by Crippen LogP contribution is 2.15. The number of rotatable bonds is 9. The summed E-state index contributed by atoms with van der Waals surface area (Å²) in [7, 11) is 0. The van der Waals surface area contributed by atoms with Crippen LogP contribution >= 0.6 is 0 Å². The van der Waals surface area contributed by atoms with Crippen molar-refractivity contribution in [1.29, 1.82) is 0 Å². The fourth-order valence-corrected chi connectivity index (χ4v) is 2.65. The van der Waals surface area contributed by atoms with Crippen LogP contribution in [0.5, 0.6) is 0 Å². The van der Waals surface area contributed by atoms with Gasteiger partial charge in [-0.05, 0) is 50.7 Å². The molecule has 24 heavy (non-hydrogen) atoms. The summed E-state index contributed by atoms with van der Waals surface area (Å²) >= 11 is 0. The van der Waals surface area contributed by atoms with E-state index in [1.165, 1.54) is 12.1 Å². The van der Waals surface area contributed by atoms with Gasteiger partial charge in [-0.15, -0.1) is 0 Å². The molecule has 0 saturated carbocycles. The molecule has 0 fully saturated rings. The zero-order valence-electron chi connectivity index (χ0n) is 14.6. The van der Waals surface area contributed by atoms with E-state index in [1.54, 1.807) is 18.3 Å². The molecule has 0 saturated heterocycles. The van der Waals surface area contributed by atoms with E-state index in [0.29, 0.717) is 17.7 Å². The fraction of sp³-hybridized carbons (Fsp3) is 0.444. The van der Waals surface area contributed by atoms with Crippen molar-refractivity contribution < 1.29 is 4.39 Å². The number of hydrogen-bond donors (Lipinski definition) is 2. The van der Waals surface area contributed by atoms with Crippen LogP contribution in [0.1, 0.15) is 27.2 Å². The van der Waals surface area contributed by atoms with Crippen molar-refractivity contribution in [2.24, 2.45) is 0 Å². The Morgan fingerprint density at radius 1 is 1.21 bits per heavy atom. The van der Waals surface area contributed by atoms with Crippen LogP contribution < -0.4 is 10.6 Å². The highest BCUT2D eigenvalue weighted by atomic mass is 19.1. The third-order valence-electron chi connectivity index (χ3n) is 4.04. The Morgan fingerprint density at radius 3 is 2.71 bits per heavy atom. The summed E-state index contributed by atoms with van der Waals surface area (Å²) in [6.45, 7) is 9.57. The predicted molar refractivity (Wildman–Crippen MR) is 97.2 cm³/mol. The van der Waals surface area contributed by atoms with Gasteiger partial charge in [0.15, 0.2) is 0 Å². The maximum Gasteiger partial charge on any atom is 0.229 e. The van der Waals surface area contributed by atoms with Crippen molar-refractivity contribution in [2.45, 2.75) is 33.2 Å². The molecule has 5 nitrogen and oxygen atoms in total. The third-order valence-corrected chi connectivity index (χ3v) is 4.04. The molecular formula is C18H26FN5. The van der Waals surface area contributed by atoms with Gasteiger partial charge >= 0.3 is 0 Å². The Bertz CT molecular complexity index is 630. The van der Waals surface area contributed by atoms with Gasteiger partial charge in [-0.2, -0.15) is 4.98 Å². The lowest BCUT2D eigenvalue weighted by atomic mass is 10.2. The average molecular weight is 331 g/mol. The summed E-state index contributed by atoms with van der Waals surface area (Å²) in [6, 6.07) is 8.60. The van der Waals surface area contributed by atoms with Crippen LogP contribution in [0.25, 0.3) is 0 Å². The van der Waals surface area contributed by atoms with Crippen molar-refractivity contribution in [1.82, 2.24) is 14.9 Å². The zero-order chi connectivity index (χ0) is 17.4. The van der Waals surface area contributed by atoms with Crippen molar-refractivity contribution in [2.75, 3.05) is 30.3 Å². The molecule has 1 unspecified atom stereocenters. The first kappa shape index (κ1) is 18.1. The fourth-order valence-electron chi connectivity index (χ4n) is 2.65. The first-order chi connectivity index (χ1) is 11.6. The highest BCUT2D eigenvalue weighted by Gasteiger charge is 2.09. The van der Waals surface area contributed by atoms with Gasteiger partial charge in [0.05, 0.1) is 0 Å². The van der Waals surface area contributed by atoms with E-state index in [1.807, 2.05) is 6.07 Å². The van der Waals surface area contributed by atoms with Gasteiger partial charge in [0.1, 0.15) is 11.6 Å². The number of halogens is 1. The number of nitrogens with one attached hydrogen (secondary N) is 2. The van der Waals surface area contributed by atoms with Gasteiger partial charge in [-0.25, -0.2) is 9.37 Å². The maximum absolute atomic E-state index is 13.2. The van der Waals surface area contributed by atoms with E-state index >= 15 is 0 Å². The van der Waals surface area contributed by atoms with Crippen molar-refractivity contribution in [3.63, 3.8) is 0 Å². The quantitative estimate of drug-likeness (QED) is 0.730. The lowest BCUT2D eigenvalue weighted by Crippen LogP contribution is -2.34. The first-order valence-electron chi connectivity index (χ1n) is 8.46. The lowest BCUT2D eigenvalue weighted by Gasteiger charge is -2.26. The normalized spacial score (nSPS) is 12.2. The van der Waals surface area contributed by atoms with Crippen molar-refractivity contribution >= 4 is 17.5 Å². The summed E-state index contributed by atoms with van der Waals surface area (Å²) in [5.74, 6) is 0.915. The molecule has 0 aliphatic rings. The molecule has 1 aromatic heterocycles. The van der Waals surface area contributed by atoms with E-state index < -0.39 is 0 Å². The molecule has 6 heteroatoms. The Kier molecular flexibility index (Phi) is 6.93. The minimum absolute atomic E-state index is 0.292. The highest BCUT2D eigenvalue weighted by molar-refractivity contribution is 5.54. The van der Waals surface area contributed by atoms with Gasteiger partial charge in [0.2, 0.25) is 5.95 Å². The molecule has 2 aromatic rings. The second-order valence-electron chi connectivity index (χ2n) is 5.69. The minimum Gasteiger partial charge on any atom is -0.370 e. The summed E-state index contributed by atoms with van der Waals surface area (Å²) in [5.41, 5.74) is 0.627. The topological polar surface area (TPSA) is 53.1 Å². The molecule has 0 radical (unpaired) electrons. The monoisotopic (exact) mass is 331 g/mol. The molecule has 2 N–H and O–H groups in total. The smallest absolute Gasteiger partial charge is 0.229 e. The molecule has 1 atom stereocenters. The molecule has 1 aromatic carbocycles. The van der Waals surface area contributed by atoms with E-state index in [4.69, 9.17) is 0 Å². The number of anilines is 3. The maximum atomic E-state index is 13.2. The average Bonchev–Trinajstić information content (AvgIpc) is 2.56. The van der Waals surface area contributed by atoms with Crippen LogP contribution in [0.2, 0.25) is 0 Å². The molecule has 2 rings (SSSR count). The minimum atomic E-state index is -0.292. The largest absolute Gasteiger partial charge is 0.370 e. The molecule has 0 amide bonds. The Morgan fingerprint density at radius 2 is 2.00 bits per heavy atom. The van der Waals surface area contributed by atoms with Crippen LogP contribution in [0.3, 0.4) is 0 Å². The van der Waals surface area contributed by atoms with Crippen molar-refractivity contribution in [3.05, 3.63) is 42.3 Å².